The Labute approximate surface area is 63.0 Å². The zero-order valence-corrected chi connectivity index (χ0v) is 6.63. The molecule has 0 amide bonds. The molecule has 3 heteroatoms. The molecule has 9 heavy (non-hydrogen) atoms. The summed E-state index contributed by atoms with van der Waals surface area (Å²) < 4.78 is 4.78. The summed E-state index contributed by atoms with van der Waals surface area (Å²) in [5.74, 6) is 0. The lowest BCUT2D eigenvalue weighted by Gasteiger charge is -2.05. The highest BCUT2D eigenvalue weighted by Crippen LogP contribution is 1.90. The lowest BCUT2D eigenvalue weighted by atomic mass is 10.5. The molecule has 0 aliphatic rings. The zero-order chi connectivity index (χ0) is 6.41. The Balaban J connectivity index is 0. The van der Waals surface area contributed by atoms with Gasteiger partial charge in [0.15, 0.2) is 6.29 Å². The van der Waals surface area contributed by atoms with Crippen LogP contribution in [-0.2, 0) is 4.74 Å². The van der Waals surface area contributed by atoms with Gasteiger partial charge in [-0.3, -0.25) is 0 Å². The van der Waals surface area contributed by atoms with Gasteiger partial charge in [0.2, 0.25) is 0 Å². The number of ether oxygens (including phenoxy) is 1. The van der Waals surface area contributed by atoms with Crippen LogP contribution in [-0.4, -0.2) is 18.0 Å². The van der Waals surface area contributed by atoms with Gasteiger partial charge in [-0.15, -0.1) is 6.58 Å². The molecule has 0 rings (SSSR count). The number of rotatable bonds is 4. The SMILES string of the molecule is C=CCOC(O)CC.S. The number of hydrogen-bond donors (Lipinski definition) is 1. The van der Waals surface area contributed by atoms with E-state index in [1.165, 1.54) is 0 Å². The molecule has 0 fully saturated rings. The first-order chi connectivity index (χ1) is 3.81. The molecule has 0 saturated carbocycles. The van der Waals surface area contributed by atoms with Gasteiger partial charge in [0.05, 0.1) is 6.61 Å². The van der Waals surface area contributed by atoms with E-state index in [1.54, 1.807) is 6.08 Å². The summed E-state index contributed by atoms with van der Waals surface area (Å²) in [6.07, 6.45) is 1.63. The average Bonchev–Trinajstić information content (AvgIpc) is 1.83. The Morgan fingerprint density at radius 3 is 2.67 bits per heavy atom. The van der Waals surface area contributed by atoms with Gasteiger partial charge >= 0.3 is 0 Å². The molecule has 1 N–H and O–H groups in total. The largest absolute Gasteiger partial charge is 0.368 e. The van der Waals surface area contributed by atoms with E-state index in [-0.39, 0.29) is 13.5 Å². The first-order valence-electron chi connectivity index (χ1n) is 2.71. The van der Waals surface area contributed by atoms with Gasteiger partial charge in [0.25, 0.3) is 0 Å². The predicted octanol–water partition coefficient (Wildman–Crippen LogP) is 1.03. The monoisotopic (exact) mass is 150 g/mol. The molecule has 1 atom stereocenters. The van der Waals surface area contributed by atoms with Crippen molar-refractivity contribution in [1.82, 2.24) is 0 Å². The van der Waals surface area contributed by atoms with Crippen LogP contribution in [0.4, 0.5) is 0 Å². The van der Waals surface area contributed by atoms with Crippen molar-refractivity contribution in [2.24, 2.45) is 0 Å². The van der Waals surface area contributed by atoms with Crippen LogP contribution in [0.1, 0.15) is 13.3 Å². The fourth-order valence-corrected chi connectivity index (χ4v) is 0.297. The third kappa shape index (κ3) is 8.01. The normalized spacial score (nSPS) is 11.8. The van der Waals surface area contributed by atoms with Crippen molar-refractivity contribution < 1.29 is 9.84 Å². The summed E-state index contributed by atoms with van der Waals surface area (Å²) in [4.78, 5) is 0. The summed E-state index contributed by atoms with van der Waals surface area (Å²) in [6, 6.07) is 0. The second-order valence-electron chi connectivity index (χ2n) is 1.48. The van der Waals surface area contributed by atoms with Crippen molar-refractivity contribution in [1.29, 1.82) is 0 Å². The minimum Gasteiger partial charge on any atom is -0.368 e. The Bertz CT molecular complexity index is 66.1. The number of hydrogen-bond acceptors (Lipinski definition) is 2. The van der Waals surface area contributed by atoms with Crippen LogP contribution < -0.4 is 0 Å². The van der Waals surface area contributed by atoms with Crippen LogP contribution >= 0.6 is 13.5 Å². The van der Waals surface area contributed by atoms with Gasteiger partial charge in [-0.2, -0.15) is 13.5 Å². The highest BCUT2D eigenvalue weighted by molar-refractivity contribution is 7.59. The Hall–Kier alpha value is 0.0100. The van der Waals surface area contributed by atoms with E-state index in [2.05, 4.69) is 6.58 Å². The number of aliphatic hydroxyl groups excluding tert-OH is 1. The Kier molecular flexibility index (Phi) is 10.5. The van der Waals surface area contributed by atoms with Gasteiger partial charge in [-0.1, -0.05) is 13.0 Å². The van der Waals surface area contributed by atoms with Crippen LogP contribution in [0.5, 0.6) is 0 Å². The second kappa shape index (κ2) is 8.01. The van der Waals surface area contributed by atoms with E-state index in [9.17, 15) is 0 Å². The van der Waals surface area contributed by atoms with Crippen LogP contribution in [0.15, 0.2) is 12.7 Å². The topological polar surface area (TPSA) is 29.5 Å². The average molecular weight is 150 g/mol. The molecule has 0 saturated heterocycles. The van der Waals surface area contributed by atoms with Crippen molar-refractivity contribution in [3.8, 4) is 0 Å². The van der Waals surface area contributed by atoms with Gasteiger partial charge < -0.3 is 9.84 Å². The Morgan fingerprint density at radius 2 is 2.33 bits per heavy atom. The van der Waals surface area contributed by atoms with Crippen LogP contribution in [0.3, 0.4) is 0 Å². The standard InChI is InChI=1S/C6H12O2.H2S/c1-3-5-8-6(7)4-2;/h3,6-7H,1,4-5H2,2H3;1H2. The van der Waals surface area contributed by atoms with Gasteiger partial charge in [0, 0.05) is 0 Å². The minimum absolute atomic E-state index is 0. The zero-order valence-electron chi connectivity index (χ0n) is 5.63. The molecule has 0 heterocycles. The van der Waals surface area contributed by atoms with Crippen molar-refractivity contribution in [3.05, 3.63) is 12.7 Å². The van der Waals surface area contributed by atoms with Crippen molar-refractivity contribution in [2.75, 3.05) is 6.61 Å². The van der Waals surface area contributed by atoms with Crippen LogP contribution in [0, 0.1) is 0 Å². The third-order valence-electron chi connectivity index (χ3n) is 0.756. The van der Waals surface area contributed by atoms with E-state index in [0.717, 1.165) is 0 Å². The lowest BCUT2D eigenvalue weighted by molar-refractivity contribution is -0.0896. The Morgan fingerprint density at radius 1 is 1.78 bits per heavy atom. The maximum atomic E-state index is 8.72. The third-order valence-corrected chi connectivity index (χ3v) is 0.756. The first kappa shape index (κ1) is 11.8. The molecule has 0 aliphatic heterocycles. The first-order valence-corrected chi connectivity index (χ1v) is 2.71. The minimum atomic E-state index is -0.618. The van der Waals surface area contributed by atoms with Crippen molar-refractivity contribution in [2.45, 2.75) is 19.6 Å². The van der Waals surface area contributed by atoms with E-state index < -0.39 is 6.29 Å². The summed E-state index contributed by atoms with van der Waals surface area (Å²) in [7, 11) is 0. The quantitative estimate of drug-likeness (QED) is 0.479. The molecule has 0 aromatic rings. The molecule has 0 spiro atoms. The molecule has 2 nitrogen and oxygen atoms in total. The lowest BCUT2D eigenvalue weighted by Crippen LogP contribution is -2.09. The van der Waals surface area contributed by atoms with Crippen LogP contribution in [0.25, 0.3) is 0 Å². The molecule has 0 aromatic heterocycles. The maximum Gasteiger partial charge on any atom is 0.154 e. The van der Waals surface area contributed by atoms with Crippen LogP contribution in [0.2, 0.25) is 0 Å². The molecule has 1 unspecified atom stereocenters. The summed E-state index contributed by atoms with van der Waals surface area (Å²) in [6.45, 7) is 5.71. The molecule has 0 radical (unpaired) electrons. The van der Waals surface area contributed by atoms with Crippen molar-refractivity contribution in [3.63, 3.8) is 0 Å². The van der Waals surface area contributed by atoms with Gasteiger partial charge in [-0.25, -0.2) is 0 Å². The number of aliphatic hydroxyl groups is 1. The van der Waals surface area contributed by atoms with E-state index in [0.29, 0.717) is 13.0 Å². The summed E-state index contributed by atoms with van der Waals surface area (Å²) in [5, 5.41) is 8.72. The van der Waals surface area contributed by atoms with Gasteiger partial charge in [0.1, 0.15) is 0 Å². The highest BCUT2D eigenvalue weighted by Gasteiger charge is 1.94. The van der Waals surface area contributed by atoms with Crippen molar-refractivity contribution >= 4 is 13.5 Å². The highest BCUT2D eigenvalue weighted by atomic mass is 32.1. The molecular formula is C6H14O2S. The summed E-state index contributed by atoms with van der Waals surface area (Å²) >= 11 is 0. The second-order valence-corrected chi connectivity index (χ2v) is 1.48. The molecule has 0 aromatic carbocycles. The predicted molar refractivity (Wildman–Crippen MR) is 42.8 cm³/mol. The fraction of sp³-hybridized carbons (Fsp3) is 0.667. The fourth-order valence-electron chi connectivity index (χ4n) is 0.297. The summed E-state index contributed by atoms with van der Waals surface area (Å²) in [5.41, 5.74) is 0. The van der Waals surface area contributed by atoms with Gasteiger partial charge in [-0.05, 0) is 6.42 Å². The molecule has 56 valence electrons. The molecular weight excluding hydrogens is 136 g/mol. The molecule has 0 bridgehead atoms. The van der Waals surface area contributed by atoms with E-state index >= 15 is 0 Å². The smallest absolute Gasteiger partial charge is 0.154 e. The molecule has 0 aliphatic carbocycles. The maximum absolute atomic E-state index is 8.72. The van der Waals surface area contributed by atoms with E-state index in [1.807, 2.05) is 6.92 Å². The van der Waals surface area contributed by atoms with E-state index in [4.69, 9.17) is 9.84 Å².